The number of imidazole rings is 2. The van der Waals surface area contributed by atoms with Crippen LogP contribution in [0, 0.1) is 9.28 Å². The molecule has 6 rings (SSSR count). The third-order valence-electron chi connectivity index (χ3n) is 7.08. The molecule has 46 heavy (non-hydrogen) atoms. The van der Waals surface area contributed by atoms with Crippen LogP contribution in [0.15, 0.2) is 12.7 Å². The van der Waals surface area contributed by atoms with Gasteiger partial charge in [0, 0.05) is 6.42 Å². The van der Waals surface area contributed by atoms with Gasteiger partial charge in [-0.15, -0.1) is 0 Å². The lowest BCUT2D eigenvalue weighted by molar-refractivity contribution is -0.0538. The predicted octanol–water partition coefficient (Wildman–Crippen LogP) is -0.0932. The minimum Gasteiger partial charge on any atom is -0.387 e. The van der Waals surface area contributed by atoms with E-state index in [1.54, 1.807) is 0 Å². The molecule has 11 N–H and O–H groups in total. The summed E-state index contributed by atoms with van der Waals surface area (Å²) < 4.78 is 31.5. The number of aliphatic hydroxyl groups is 2. The Hall–Kier alpha value is -1.96. The van der Waals surface area contributed by atoms with Gasteiger partial charge in [0.25, 0.3) is 0 Å². The summed E-state index contributed by atoms with van der Waals surface area (Å²) in [6, 6.07) is 0. The molecule has 0 bridgehead atoms. The Labute approximate surface area is 277 Å². The molecule has 6 heterocycles. The number of hydrogen-bond donors (Lipinski definition) is 9. The lowest BCUT2D eigenvalue weighted by atomic mass is 10.1. The number of aliphatic hydroxyl groups excluding tert-OH is 2. The zero-order valence-corrected chi connectivity index (χ0v) is 28.0. The Morgan fingerprint density at radius 3 is 2.04 bits per heavy atom. The van der Waals surface area contributed by atoms with Gasteiger partial charge in [-0.2, -0.15) is 9.97 Å². The molecule has 0 saturated carbocycles. The maximum atomic E-state index is 11.0. The van der Waals surface area contributed by atoms with E-state index >= 15 is 0 Å². The van der Waals surface area contributed by atoms with Crippen molar-refractivity contribution in [3.05, 3.63) is 21.9 Å². The Morgan fingerprint density at radius 1 is 0.870 bits per heavy atom. The second kappa shape index (κ2) is 12.8. The Kier molecular flexibility index (Phi) is 9.45. The van der Waals surface area contributed by atoms with Gasteiger partial charge in [-0.25, -0.2) is 9.97 Å². The summed E-state index contributed by atoms with van der Waals surface area (Å²) in [5.74, 6) is 0.0509. The maximum Gasteiger partial charge on any atom is 0.324 e. The third kappa shape index (κ3) is 6.94. The van der Waals surface area contributed by atoms with Gasteiger partial charge in [0.1, 0.15) is 51.0 Å². The van der Waals surface area contributed by atoms with Gasteiger partial charge in [-0.1, -0.05) is 24.4 Å². The number of nitrogens with zero attached hydrogens (tertiary/aromatic N) is 6. The maximum absolute atomic E-state index is 11.0. The molecular formula is C20H26N10O10P2S4. The van der Waals surface area contributed by atoms with E-state index in [0.29, 0.717) is 16.7 Å². The number of nitrogen functional groups attached to an aromatic ring is 2. The van der Waals surface area contributed by atoms with Crippen molar-refractivity contribution < 1.29 is 47.9 Å². The second-order valence-corrected chi connectivity index (χ2v) is 16.4. The van der Waals surface area contributed by atoms with Crippen LogP contribution in [-0.2, 0) is 46.7 Å². The van der Waals surface area contributed by atoms with Crippen LogP contribution in [0.1, 0.15) is 18.9 Å². The Morgan fingerprint density at radius 2 is 1.43 bits per heavy atom. The summed E-state index contributed by atoms with van der Waals surface area (Å²) in [4.78, 5) is 52.4. The molecule has 4 aromatic heterocycles. The zero-order chi connectivity index (χ0) is 33.1. The quantitative estimate of drug-likeness (QED) is 0.0754. The van der Waals surface area contributed by atoms with E-state index in [9.17, 15) is 24.9 Å². The van der Waals surface area contributed by atoms with E-state index in [-0.39, 0.29) is 33.2 Å². The highest BCUT2D eigenvalue weighted by Gasteiger charge is 2.46. The van der Waals surface area contributed by atoms with E-state index in [4.69, 9.17) is 70.8 Å². The number of fused-ring (bicyclic) bond motifs is 2. The van der Waals surface area contributed by atoms with Crippen LogP contribution in [0.4, 0.5) is 11.9 Å². The predicted molar refractivity (Wildman–Crippen MR) is 171 cm³/mol. The number of H-pyrrole nitrogens is 2. The molecule has 4 unspecified atom stereocenters. The number of nitrogens with two attached hydrogens (primary N) is 2. The molecule has 0 radical (unpaired) electrons. The number of rotatable bonds is 10. The summed E-state index contributed by atoms with van der Waals surface area (Å²) in [7, 11) is 0. The first-order valence-electron chi connectivity index (χ1n) is 13.1. The molecule has 2 saturated heterocycles. The van der Waals surface area contributed by atoms with Crippen molar-refractivity contribution in [1.82, 2.24) is 39.0 Å². The number of nitrogens with one attached hydrogen (secondary N) is 2. The third-order valence-corrected chi connectivity index (χ3v) is 10.1. The molecule has 0 aliphatic carbocycles. The average Bonchev–Trinajstić information content (AvgIpc) is 3.72. The van der Waals surface area contributed by atoms with Gasteiger partial charge in [0.15, 0.2) is 17.5 Å². The van der Waals surface area contributed by atoms with Gasteiger partial charge in [0.2, 0.25) is 11.9 Å². The molecule has 250 valence electrons. The largest absolute Gasteiger partial charge is 0.387 e. The van der Waals surface area contributed by atoms with Crippen LogP contribution in [0.5, 0.6) is 0 Å². The SMILES string of the molecule is Nc1nc2c(ncn2[C@@H]2O[C@H](COP(O)(=S)OC3C[C@H](n4cnc5c(=S)[nH]c(N)nc54)O[C@@H]3COP(O)(O)=S)C(O)C2O)c(=S)[nH]1. The first kappa shape index (κ1) is 33.9. The smallest absolute Gasteiger partial charge is 0.324 e. The van der Waals surface area contributed by atoms with Crippen LogP contribution in [0.2, 0.25) is 0 Å². The van der Waals surface area contributed by atoms with Gasteiger partial charge >= 0.3 is 13.4 Å². The van der Waals surface area contributed by atoms with Crippen molar-refractivity contribution in [3.8, 4) is 0 Å². The van der Waals surface area contributed by atoms with Crippen molar-refractivity contribution in [2.45, 2.75) is 49.4 Å². The van der Waals surface area contributed by atoms with E-state index in [1.165, 1.54) is 21.8 Å². The van der Waals surface area contributed by atoms with Gasteiger partial charge in [-0.3, -0.25) is 9.13 Å². The Balaban J connectivity index is 1.16. The van der Waals surface area contributed by atoms with Crippen molar-refractivity contribution in [2.75, 3.05) is 24.7 Å². The number of ether oxygens (including phenoxy) is 2. The van der Waals surface area contributed by atoms with Crippen molar-refractivity contribution >= 4 is 95.7 Å². The highest BCUT2D eigenvalue weighted by Crippen LogP contribution is 2.50. The highest BCUT2D eigenvalue weighted by atomic mass is 32.5. The summed E-state index contributed by atoms with van der Waals surface area (Å²) in [6.07, 6.45) is -5.39. The lowest BCUT2D eigenvalue weighted by Gasteiger charge is -2.25. The van der Waals surface area contributed by atoms with E-state index in [2.05, 4.69) is 41.7 Å². The van der Waals surface area contributed by atoms with Gasteiger partial charge in [-0.05, 0) is 23.6 Å². The average molecular weight is 757 g/mol. The van der Waals surface area contributed by atoms with Gasteiger partial charge in [0.05, 0.1) is 32.0 Å². The van der Waals surface area contributed by atoms with Crippen LogP contribution in [-0.4, -0.2) is 108 Å². The molecule has 26 heteroatoms. The topological polar surface area (TPSA) is 292 Å². The molecule has 2 fully saturated rings. The minimum atomic E-state index is -4.11. The van der Waals surface area contributed by atoms with Crippen molar-refractivity contribution in [3.63, 3.8) is 0 Å². The van der Waals surface area contributed by atoms with Gasteiger partial charge < -0.3 is 69.4 Å². The fourth-order valence-electron chi connectivity index (χ4n) is 5.05. The number of aromatic nitrogens is 8. The van der Waals surface area contributed by atoms with Crippen LogP contribution >= 0.6 is 37.9 Å². The number of hydrogen-bond acceptors (Lipinski definition) is 17. The standard InChI is InChI=1S/C20H26N10O10P2S4/c21-19-25-14-10(16(43)27-19)23-4-29(14)9-1-6(7(38-9)2-36-41(33,34)45)40-42(35,46)37-3-8-12(31)13(32)18(39-8)30-5-24-11-15(30)26-20(22)28-17(11)44/h4-9,12-13,18,31-32H,1-3H2,(H,35,46)(H2,33,34,45)(H3,21,25,27,43)(H3,22,26,28,44)/t6?,7-,8-,9-,12?,13?,18-,42?/m1/s1. The molecule has 20 nitrogen and oxygen atoms in total. The fraction of sp³-hybridized carbons (Fsp3) is 0.500. The minimum absolute atomic E-state index is 0.00984. The molecule has 4 aromatic rings. The molecule has 2 aliphatic rings. The molecule has 0 aromatic carbocycles. The second-order valence-electron chi connectivity index (χ2n) is 10.2. The fourth-order valence-corrected chi connectivity index (χ4v) is 7.55. The van der Waals surface area contributed by atoms with Crippen LogP contribution in [0.25, 0.3) is 22.3 Å². The van der Waals surface area contributed by atoms with Crippen molar-refractivity contribution in [2.24, 2.45) is 0 Å². The van der Waals surface area contributed by atoms with Crippen LogP contribution in [0.3, 0.4) is 0 Å². The van der Waals surface area contributed by atoms with E-state index < -0.39 is 69.6 Å². The highest BCUT2D eigenvalue weighted by molar-refractivity contribution is 8.07. The van der Waals surface area contributed by atoms with Crippen LogP contribution < -0.4 is 11.5 Å². The van der Waals surface area contributed by atoms with E-state index in [0.717, 1.165) is 0 Å². The summed E-state index contributed by atoms with van der Waals surface area (Å²) >= 11 is 20.3. The first-order valence-corrected chi connectivity index (χ1v) is 19.1. The summed E-state index contributed by atoms with van der Waals surface area (Å²) in [6.45, 7) is -9.13. The monoisotopic (exact) mass is 756 g/mol. The lowest BCUT2D eigenvalue weighted by Crippen LogP contribution is -2.34. The zero-order valence-electron chi connectivity index (χ0n) is 23.0. The number of aromatic amines is 2. The molecule has 2 aliphatic heterocycles. The number of anilines is 2. The van der Waals surface area contributed by atoms with Crippen molar-refractivity contribution in [1.29, 1.82) is 0 Å². The Bertz CT molecular complexity index is 2000. The summed E-state index contributed by atoms with van der Waals surface area (Å²) in [5.41, 5.74) is 12.7. The molecule has 0 amide bonds. The summed E-state index contributed by atoms with van der Waals surface area (Å²) in [5, 5.41) is 21.5. The molecule has 8 atom stereocenters. The molecular weight excluding hydrogens is 730 g/mol. The molecule has 0 spiro atoms. The van der Waals surface area contributed by atoms with E-state index in [1.807, 2.05) is 0 Å². The normalized spacial score (nSPS) is 28.3. The first-order chi connectivity index (χ1) is 21.6.